The van der Waals surface area contributed by atoms with Crippen LogP contribution in [0.15, 0.2) is 0 Å². The summed E-state index contributed by atoms with van der Waals surface area (Å²) >= 11 is 1.36. The third kappa shape index (κ3) is 3.16. The highest BCUT2D eigenvalue weighted by Gasteiger charge is 2.12. The topological polar surface area (TPSA) is 61.2 Å². The Morgan fingerprint density at radius 2 is 2.29 bits per heavy atom. The summed E-state index contributed by atoms with van der Waals surface area (Å²) in [6.45, 7) is 7.32. The van der Waals surface area contributed by atoms with E-state index in [0.717, 1.165) is 50.1 Å². The van der Waals surface area contributed by atoms with E-state index in [0.29, 0.717) is 5.56 Å². The molecule has 0 amide bonds. The highest BCUT2D eigenvalue weighted by atomic mass is 32.1. The Labute approximate surface area is 105 Å². The van der Waals surface area contributed by atoms with E-state index >= 15 is 0 Å². The molecule has 6 heteroatoms. The maximum atomic E-state index is 8.99. The molecule has 1 saturated heterocycles. The molecule has 1 fully saturated rings. The lowest BCUT2D eigenvalue weighted by molar-refractivity contribution is 0.0398. The third-order valence-corrected chi connectivity index (χ3v) is 3.69. The number of hydrogen-bond acceptors (Lipinski definition) is 6. The molecule has 0 atom stereocenters. The molecule has 5 nitrogen and oxygen atoms in total. The van der Waals surface area contributed by atoms with Crippen molar-refractivity contribution in [3.63, 3.8) is 0 Å². The van der Waals surface area contributed by atoms with E-state index in [1.54, 1.807) is 0 Å². The fourth-order valence-corrected chi connectivity index (χ4v) is 2.55. The number of aromatic nitrogens is 1. The predicted molar refractivity (Wildman–Crippen MR) is 67.3 cm³/mol. The fraction of sp³-hybridized carbons (Fsp3) is 0.636. The number of ether oxygens (including phenoxy) is 1. The Morgan fingerprint density at radius 3 is 3.00 bits per heavy atom. The van der Waals surface area contributed by atoms with Gasteiger partial charge in [0.15, 0.2) is 0 Å². The van der Waals surface area contributed by atoms with Gasteiger partial charge < -0.3 is 10.1 Å². The first-order valence-corrected chi connectivity index (χ1v) is 6.49. The molecule has 0 spiro atoms. The summed E-state index contributed by atoms with van der Waals surface area (Å²) in [5.74, 6) is 0. The largest absolute Gasteiger partial charge is 0.379 e. The number of anilines is 1. The number of aryl methyl sites for hydroxylation is 1. The van der Waals surface area contributed by atoms with Crippen molar-refractivity contribution in [2.75, 3.05) is 44.7 Å². The van der Waals surface area contributed by atoms with Crippen molar-refractivity contribution in [1.82, 2.24) is 9.27 Å². The molecule has 2 rings (SSSR count). The molecular weight excluding hydrogens is 236 g/mol. The molecule has 0 bridgehead atoms. The first-order valence-electron chi connectivity index (χ1n) is 5.71. The van der Waals surface area contributed by atoms with E-state index in [1.807, 2.05) is 6.92 Å². The SMILES string of the molecule is Cc1nsc(NCCN2CCOCC2)c1C#N. The minimum Gasteiger partial charge on any atom is -0.379 e. The molecule has 0 saturated carbocycles. The Kier molecular flexibility index (Phi) is 4.31. The summed E-state index contributed by atoms with van der Waals surface area (Å²) in [7, 11) is 0. The third-order valence-electron chi connectivity index (χ3n) is 2.79. The van der Waals surface area contributed by atoms with E-state index in [-0.39, 0.29) is 0 Å². The van der Waals surface area contributed by atoms with Gasteiger partial charge in [-0.2, -0.15) is 9.64 Å². The Hall–Kier alpha value is -1.16. The van der Waals surface area contributed by atoms with E-state index in [1.165, 1.54) is 11.5 Å². The van der Waals surface area contributed by atoms with Crippen LogP contribution in [0, 0.1) is 18.3 Å². The highest BCUT2D eigenvalue weighted by molar-refractivity contribution is 7.10. The van der Waals surface area contributed by atoms with Crippen molar-refractivity contribution < 1.29 is 4.74 Å². The number of nitriles is 1. The normalized spacial score (nSPS) is 16.7. The predicted octanol–water partition coefficient (Wildman–Crippen LogP) is 1.07. The maximum absolute atomic E-state index is 8.99. The highest BCUT2D eigenvalue weighted by Crippen LogP contribution is 2.22. The average molecular weight is 252 g/mol. The van der Waals surface area contributed by atoms with Crippen molar-refractivity contribution >= 4 is 16.5 Å². The van der Waals surface area contributed by atoms with Crippen LogP contribution in [0.3, 0.4) is 0 Å². The van der Waals surface area contributed by atoms with Gasteiger partial charge in [-0.3, -0.25) is 4.90 Å². The van der Waals surface area contributed by atoms with Crippen LogP contribution < -0.4 is 5.32 Å². The number of morpholine rings is 1. The minimum atomic E-state index is 0.678. The number of nitrogens with zero attached hydrogens (tertiary/aromatic N) is 3. The van der Waals surface area contributed by atoms with Crippen molar-refractivity contribution in [2.24, 2.45) is 0 Å². The van der Waals surface area contributed by atoms with Crippen LogP contribution >= 0.6 is 11.5 Å². The quantitative estimate of drug-likeness (QED) is 0.868. The van der Waals surface area contributed by atoms with Gasteiger partial charge in [0.25, 0.3) is 0 Å². The molecule has 0 unspecified atom stereocenters. The van der Waals surface area contributed by atoms with Gasteiger partial charge in [0.2, 0.25) is 0 Å². The first kappa shape index (κ1) is 12.3. The molecule has 1 aromatic rings. The lowest BCUT2D eigenvalue weighted by Gasteiger charge is -2.26. The molecule has 0 aromatic carbocycles. The van der Waals surface area contributed by atoms with Crippen molar-refractivity contribution in [3.05, 3.63) is 11.3 Å². The average Bonchev–Trinajstić information content (AvgIpc) is 2.71. The summed E-state index contributed by atoms with van der Waals surface area (Å²) in [4.78, 5) is 2.36. The van der Waals surface area contributed by atoms with Crippen LogP contribution in [-0.4, -0.2) is 48.7 Å². The van der Waals surface area contributed by atoms with E-state index in [9.17, 15) is 0 Å². The molecule has 17 heavy (non-hydrogen) atoms. The molecule has 92 valence electrons. The van der Waals surface area contributed by atoms with Gasteiger partial charge in [0.1, 0.15) is 16.6 Å². The molecule has 1 aliphatic rings. The van der Waals surface area contributed by atoms with Crippen LogP contribution in [-0.2, 0) is 4.74 Å². The standard InChI is InChI=1S/C11H16N4OS/c1-9-10(8-12)11(17-14-9)13-2-3-15-4-6-16-7-5-15/h13H,2-7H2,1H3. The summed E-state index contributed by atoms with van der Waals surface area (Å²) in [6.07, 6.45) is 0. The number of nitrogens with one attached hydrogen (secondary N) is 1. The smallest absolute Gasteiger partial charge is 0.127 e. The second kappa shape index (κ2) is 5.96. The molecule has 1 aromatic heterocycles. The lowest BCUT2D eigenvalue weighted by Crippen LogP contribution is -2.38. The second-order valence-electron chi connectivity index (χ2n) is 3.96. The second-order valence-corrected chi connectivity index (χ2v) is 4.74. The monoisotopic (exact) mass is 252 g/mol. The van der Waals surface area contributed by atoms with Gasteiger partial charge in [-0.05, 0) is 18.5 Å². The molecule has 1 N–H and O–H groups in total. The van der Waals surface area contributed by atoms with Crippen LogP contribution in [0.5, 0.6) is 0 Å². The van der Waals surface area contributed by atoms with Gasteiger partial charge >= 0.3 is 0 Å². The summed E-state index contributed by atoms with van der Waals surface area (Å²) < 4.78 is 9.47. The zero-order valence-corrected chi connectivity index (χ0v) is 10.7. The van der Waals surface area contributed by atoms with E-state index < -0.39 is 0 Å². The van der Waals surface area contributed by atoms with E-state index in [2.05, 4.69) is 20.7 Å². The zero-order valence-electron chi connectivity index (χ0n) is 9.90. The van der Waals surface area contributed by atoms with Gasteiger partial charge in [0, 0.05) is 26.2 Å². The number of rotatable bonds is 4. The van der Waals surface area contributed by atoms with Gasteiger partial charge in [-0.1, -0.05) is 0 Å². The van der Waals surface area contributed by atoms with Crippen LogP contribution in [0.1, 0.15) is 11.3 Å². The van der Waals surface area contributed by atoms with Crippen LogP contribution in [0.4, 0.5) is 5.00 Å². The summed E-state index contributed by atoms with van der Waals surface area (Å²) in [6, 6.07) is 2.18. The molecule has 0 aliphatic carbocycles. The molecule has 0 radical (unpaired) electrons. The Bertz CT molecular complexity index is 406. The summed E-state index contributed by atoms with van der Waals surface area (Å²) in [5.41, 5.74) is 1.49. The fourth-order valence-electron chi connectivity index (χ4n) is 1.77. The Morgan fingerprint density at radius 1 is 1.53 bits per heavy atom. The zero-order chi connectivity index (χ0) is 12.1. The van der Waals surface area contributed by atoms with Crippen molar-refractivity contribution in [3.8, 4) is 6.07 Å². The van der Waals surface area contributed by atoms with Gasteiger partial charge in [0.05, 0.1) is 18.9 Å². The Balaban J connectivity index is 1.79. The van der Waals surface area contributed by atoms with Gasteiger partial charge in [-0.15, -0.1) is 0 Å². The molecule has 1 aliphatic heterocycles. The first-order chi connectivity index (χ1) is 8.31. The van der Waals surface area contributed by atoms with Crippen LogP contribution in [0.2, 0.25) is 0 Å². The maximum Gasteiger partial charge on any atom is 0.127 e. The van der Waals surface area contributed by atoms with Crippen LogP contribution in [0.25, 0.3) is 0 Å². The van der Waals surface area contributed by atoms with E-state index in [4.69, 9.17) is 10.00 Å². The minimum absolute atomic E-state index is 0.678. The lowest BCUT2D eigenvalue weighted by atomic mass is 10.3. The molecule has 2 heterocycles. The van der Waals surface area contributed by atoms with Crippen molar-refractivity contribution in [2.45, 2.75) is 6.92 Å². The van der Waals surface area contributed by atoms with Gasteiger partial charge in [-0.25, -0.2) is 0 Å². The number of hydrogen-bond donors (Lipinski definition) is 1. The van der Waals surface area contributed by atoms with Crippen molar-refractivity contribution in [1.29, 1.82) is 5.26 Å². The molecular formula is C11H16N4OS. The summed E-state index contributed by atoms with van der Waals surface area (Å²) in [5, 5.41) is 13.2.